The van der Waals surface area contributed by atoms with Crippen LogP contribution < -0.4 is 5.32 Å². The van der Waals surface area contributed by atoms with Gasteiger partial charge in [0.1, 0.15) is 5.82 Å². The number of Topliss-reactive ketones (excluding diaryl/α,β-unsaturated/α-hetero) is 1. The third kappa shape index (κ3) is 7.09. The Bertz CT molecular complexity index is 640. The normalized spacial score (nSPS) is 14.8. The Hall–Kier alpha value is -2.28. The van der Waals surface area contributed by atoms with Crippen LogP contribution in [0.1, 0.15) is 43.0 Å². The van der Waals surface area contributed by atoms with Gasteiger partial charge < -0.3 is 15.1 Å². The minimum atomic E-state index is -0.382. The van der Waals surface area contributed by atoms with E-state index in [0.29, 0.717) is 24.9 Å². The molecule has 0 aromatic heterocycles. The van der Waals surface area contributed by atoms with Crippen LogP contribution in [0.3, 0.4) is 0 Å². The number of hydrogen-bond donors (Lipinski definition) is 1. The molecule has 1 fully saturated rings. The number of piperazine rings is 1. The summed E-state index contributed by atoms with van der Waals surface area (Å²) < 4.78 is 12.8. The van der Waals surface area contributed by atoms with Gasteiger partial charge in [0.25, 0.3) is 0 Å². The maximum atomic E-state index is 12.8. The van der Waals surface area contributed by atoms with Crippen LogP contribution in [0.25, 0.3) is 0 Å². The second kappa shape index (κ2) is 10.8. The molecule has 0 unspecified atom stereocenters. The topological polar surface area (TPSA) is 69.7 Å². The van der Waals surface area contributed by atoms with Gasteiger partial charge >= 0.3 is 0 Å². The highest BCUT2D eigenvalue weighted by Gasteiger charge is 2.19. The van der Waals surface area contributed by atoms with Crippen LogP contribution >= 0.6 is 0 Å². The number of ketones is 1. The van der Waals surface area contributed by atoms with Crippen molar-refractivity contribution in [2.75, 3.05) is 39.3 Å². The molecule has 1 aliphatic heterocycles. The number of likely N-dealkylation sites (N-methyl/N-ethyl adjacent to an activating group) is 1. The summed E-state index contributed by atoms with van der Waals surface area (Å²) in [6.07, 6.45) is 1.19. The van der Waals surface area contributed by atoms with Crippen molar-refractivity contribution in [1.29, 1.82) is 0 Å². The standard InChI is InChI=1S/C20H28FN3O3/c1-2-23-12-14-24(15-13-23)20(27)10-11-22-19(26)5-3-4-18(25)16-6-8-17(21)9-7-16/h6-9H,2-5,10-15H2,1H3,(H,22,26). The van der Waals surface area contributed by atoms with E-state index in [1.165, 1.54) is 24.3 Å². The Morgan fingerprint density at radius 3 is 2.30 bits per heavy atom. The molecule has 2 amide bonds. The molecule has 0 bridgehead atoms. The van der Waals surface area contributed by atoms with Gasteiger partial charge in [-0.15, -0.1) is 0 Å². The Morgan fingerprint density at radius 2 is 1.67 bits per heavy atom. The molecule has 7 heteroatoms. The van der Waals surface area contributed by atoms with E-state index in [2.05, 4.69) is 17.1 Å². The van der Waals surface area contributed by atoms with Crippen molar-refractivity contribution >= 4 is 17.6 Å². The number of benzene rings is 1. The van der Waals surface area contributed by atoms with E-state index < -0.39 is 0 Å². The molecular weight excluding hydrogens is 349 g/mol. The molecule has 27 heavy (non-hydrogen) atoms. The van der Waals surface area contributed by atoms with Crippen molar-refractivity contribution < 1.29 is 18.8 Å². The van der Waals surface area contributed by atoms with Crippen LogP contribution in [0.4, 0.5) is 4.39 Å². The van der Waals surface area contributed by atoms with Crippen molar-refractivity contribution in [3.63, 3.8) is 0 Å². The van der Waals surface area contributed by atoms with Gasteiger partial charge in [0.05, 0.1) is 0 Å². The summed E-state index contributed by atoms with van der Waals surface area (Å²) in [7, 11) is 0. The fourth-order valence-electron chi connectivity index (χ4n) is 3.06. The highest BCUT2D eigenvalue weighted by atomic mass is 19.1. The molecule has 1 saturated heterocycles. The lowest BCUT2D eigenvalue weighted by Crippen LogP contribution is -2.49. The van der Waals surface area contributed by atoms with Crippen molar-refractivity contribution in [3.05, 3.63) is 35.6 Å². The van der Waals surface area contributed by atoms with Crippen LogP contribution in [-0.2, 0) is 9.59 Å². The summed E-state index contributed by atoms with van der Waals surface area (Å²) in [6.45, 7) is 6.71. The van der Waals surface area contributed by atoms with E-state index in [-0.39, 0.29) is 36.3 Å². The first-order valence-electron chi connectivity index (χ1n) is 9.55. The highest BCUT2D eigenvalue weighted by Crippen LogP contribution is 2.08. The quantitative estimate of drug-likeness (QED) is 0.667. The molecule has 0 aliphatic carbocycles. The van der Waals surface area contributed by atoms with Crippen LogP contribution in [-0.4, -0.2) is 66.7 Å². The van der Waals surface area contributed by atoms with Crippen molar-refractivity contribution in [2.24, 2.45) is 0 Å². The number of halogens is 1. The SMILES string of the molecule is CCN1CCN(C(=O)CCNC(=O)CCCC(=O)c2ccc(F)cc2)CC1. The average molecular weight is 377 g/mol. The summed E-state index contributed by atoms with van der Waals surface area (Å²) in [5.74, 6) is -0.583. The minimum absolute atomic E-state index is 0.0672. The van der Waals surface area contributed by atoms with Crippen molar-refractivity contribution in [3.8, 4) is 0 Å². The van der Waals surface area contributed by atoms with Gasteiger partial charge in [0, 0.05) is 57.5 Å². The maximum Gasteiger partial charge on any atom is 0.224 e. The number of nitrogens with zero attached hydrogens (tertiary/aromatic N) is 2. The molecule has 1 heterocycles. The van der Waals surface area contributed by atoms with Gasteiger partial charge in [-0.2, -0.15) is 0 Å². The predicted molar refractivity (Wildman–Crippen MR) is 101 cm³/mol. The number of nitrogens with one attached hydrogen (secondary N) is 1. The third-order valence-electron chi connectivity index (χ3n) is 4.81. The number of rotatable bonds is 9. The van der Waals surface area contributed by atoms with Gasteiger partial charge in [0.2, 0.25) is 11.8 Å². The summed E-state index contributed by atoms with van der Waals surface area (Å²) in [4.78, 5) is 40.1. The Balaban J connectivity index is 1.57. The molecule has 0 atom stereocenters. The molecule has 0 spiro atoms. The predicted octanol–water partition coefficient (Wildman–Crippen LogP) is 1.85. The smallest absolute Gasteiger partial charge is 0.224 e. The van der Waals surface area contributed by atoms with E-state index >= 15 is 0 Å². The van der Waals surface area contributed by atoms with Gasteiger partial charge in [-0.1, -0.05) is 6.92 Å². The van der Waals surface area contributed by atoms with Crippen LogP contribution in [0, 0.1) is 5.82 Å². The largest absolute Gasteiger partial charge is 0.356 e. The van der Waals surface area contributed by atoms with Gasteiger partial charge in [-0.25, -0.2) is 4.39 Å². The molecule has 1 N–H and O–H groups in total. The average Bonchev–Trinajstić information content (AvgIpc) is 2.68. The van der Waals surface area contributed by atoms with Gasteiger partial charge in [-0.05, 0) is 37.2 Å². The maximum absolute atomic E-state index is 12.8. The minimum Gasteiger partial charge on any atom is -0.356 e. The first-order valence-corrected chi connectivity index (χ1v) is 9.55. The summed E-state index contributed by atoms with van der Waals surface area (Å²) in [6, 6.07) is 5.39. The van der Waals surface area contributed by atoms with Crippen LogP contribution in [0.15, 0.2) is 24.3 Å². The number of amides is 2. The fraction of sp³-hybridized carbons (Fsp3) is 0.550. The Morgan fingerprint density at radius 1 is 1.00 bits per heavy atom. The van der Waals surface area contributed by atoms with Crippen molar-refractivity contribution in [1.82, 2.24) is 15.1 Å². The van der Waals surface area contributed by atoms with E-state index in [9.17, 15) is 18.8 Å². The zero-order chi connectivity index (χ0) is 19.6. The zero-order valence-electron chi connectivity index (χ0n) is 15.9. The first-order chi connectivity index (χ1) is 13.0. The molecule has 6 nitrogen and oxygen atoms in total. The summed E-state index contributed by atoms with van der Waals surface area (Å²) in [5, 5.41) is 2.74. The monoisotopic (exact) mass is 377 g/mol. The van der Waals surface area contributed by atoms with Crippen molar-refractivity contribution in [2.45, 2.75) is 32.6 Å². The second-order valence-corrected chi connectivity index (χ2v) is 6.70. The molecule has 1 aromatic rings. The Kier molecular flexibility index (Phi) is 8.39. The fourth-order valence-corrected chi connectivity index (χ4v) is 3.06. The van der Waals surface area contributed by atoms with E-state index in [1.54, 1.807) is 0 Å². The number of carbonyl (C=O) groups is 3. The Labute approximate surface area is 159 Å². The first kappa shape index (κ1) is 21.0. The number of carbonyl (C=O) groups excluding carboxylic acids is 3. The molecule has 1 aliphatic rings. The van der Waals surface area contributed by atoms with Crippen LogP contribution in [0.5, 0.6) is 0 Å². The van der Waals surface area contributed by atoms with E-state index in [4.69, 9.17) is 0 Å². The van der Waals surface area contributed by atoms with E-state index in [0.717, 1.165) is 32.7 Å². The molecule has 0 saturated carbocycles. The van der Waals surface area contributed by atoms with Gasteiger partial charge in [0.15, 0.2) is 5.78 Å². The molecule has 0 radical (unpaired) electrons. The second-order valence-electron chi connectivity index (χ2n) is 6.70. The van der Waals surface area contributed by atoms with Crippen LogP contribution in [0.2, 0.25) is 0 Å². The van der Waals surface area contributed by atoms with Gasteiger partial charge in [-0.3, -0.25) is 14.4 Å². The molecule has 148 valence electrons. The lowest BCUT2D eigenvalue weighted by Gasteiger charge is -2.34. The molecule has 2 rings (SSSR count). The van der Waals surface area contributed by atoms with E-state index in [1.807, 2.05) is 4.90 Å². The molecule has 1 aromatic carbocycles. The number of hydrogen-bond acceptors (Lipinski definition) is 4. The highest BCUT2D eigenvalue weighted by molar-refractivity contribution is 5.96. The summed E-state index contributed by atoms with van der Waals surface area (Å²) in [5.41, 5.74) is 0.450. The summed E-state index contributed by atoms with van der Waals surface area (Å²) >= 11 is 0. The lowest BCUT2D eigenvalue weighted by atomic mass is 10.1. The molecular formula is C20H28FN3O3. The zero-order valence-corrected chi connectivity index (χ0v) is 15.9. The lowest BCUT2D eigenvalue weighted by molar-refractivity contribution is -0.132. The third-order valence-corrected chi connectivity index (χ3v) is 4.81.